The van der Waals surface area contributed by atoms with Crippen molar-refractivity contribution < 1.29 is 14.3 Å². The van der Waals surface area contributed by atoms with E-state index in [4.69, 9.17) is 4.74 Å². The van der Waals surface area contributed by atoms with E-state index in [-0.39, 0.29) is 35.7 Å². The van der Waals surface area contributed by atoms with E-state index in [9.17, 15) is 9.59 Å². The quantitative estimate of drug-likeness (QED) is 0.374. The Hall–Kier alpha value is -1.38. The Morgan fingerprint density at radius 3 is 2.78 bits per heavy atom. The number of carbonyl (C=O) groups excluding carboxylic acids is 2. The lowest BCUT2D eigenvalue weighted by atomic mass is 9.78. The van der Waals surface area contributed by atoms with E-state index < -0.39 is 0 Å². The third-order valence-electron chi connectivity index (χ3n) is 4.98. The fourth-order valence-electron chi connectivity index (χ4n) is 3.80. The van der Waals surface area contributed by atoms with E-state index in [2.05, 4.69) is 19.6 Å². The molecule has 1 heterocycles. The zero-order valence-electron chi connectivity index (χ0n) is 10.8. The molecule has 18 heavy (non-hydrogen) atoms. The molecule has 0 aromatic carbocycles. The standard InChI is InChI=1S/C15H18O3/c1-7-4-5-10-8(2)15(17)18-14(10)13-9(3)12(16)6-11(7)13/h4,9-11,13-14H,2,5-6H2,1,3H3/t9-,10-,11+,13+,14+/m1/s1. The lowest BCUT2D eigenvalue weighted by molar-refractivity contribution is -0.143. The molecule has 96 valence electrons. The highest BCUT2D eigenvalue weighted by Gasteiger charge is 2.53. The van der Waals surface area contributed by atoms with Gasteiger partial charge in [-0.05, 0) is 19.3 Å². The van der Waals surface area contributed by atoms with Crippen LogP contribution in [0.4, 0.5) is 0 Å². The topological polar surface area (TPSA) is 43.4 Å². The molecule has 3 rings (SSSR count). The third kappa shape index (κ3) is 1.43. The van der Waals surface area contributed by atoms with E-state index in [1.54, 1.807) is 0 Å². The number of Topliss-reactive ketones (excluding diaryl/α,β-unsaturated/α-hetero) is 1. The Balaban J connectivity index is 2.03. The van der Waals surface area contributed by atoms with Crippen molar-refractivity contribution in [2.45, 2.75) is 32.8 Å². The van der Waals surface area contributed by atoms with E-state index in [0.29, 0.717) is 17.8 Å². The molecule has 3 nitrogen and oxygen atoms in total. The zero-order valence-corrected chi connectivity index (χ0v) is 10.8. The Kier molecular flexibility index (Phi) is 2.47. The molecular formula is C15H18O3. The van der Waals surface area contributed by atoms with Crippen LogP contribution in [0.2, 0.25) is 0 Å². The van der Waals surface area contributed by atoms with Crippen molar-refractivity contribution in [1.82, 2.24) is 0 Å². The van der Waals surface area contributed by atoms with Gasteiger partial charge >= 0.3 is 5.97 Å². The molecule has 0 bridgehead atoms. The summed E-state index contributed by atoms with van der Waals surface area (Å²) in [6, 6.07) is 0. The highest BCUT2D eigenvalue weighted by atomic mass is 16.6. The molecule has 1 saturated heterocycles. The van der Waals surface area contributed by atoms with Crippen LogP contribution in [-0.4, -0.2) is 17.9 Å². The normalized spacial score (nSPS) is 43.1. The smallest absolute Gasteiger partial charge is 0.334 e. The van der Waals surface area contributed by atoms with Crippen LogP contribution in [0.3, 0.4) is 0 Å². The molecule has 1 saturated carbocycles. The molecule has 0 amide bonds. The number of hydrogen-bond donors (Lipinski definition) is 0. The molecule has 3 heteroatoms. The first-order chi connectivity index (χ1) is 8.50. The van der Waals surface area contributed by atoms with Gasteiger partial charge in [0.2, 0.25) is 0 Å². The van der Waals surface area contributed by atoms with Crippen molar-refractivity contribution >= 4 is 11.8 Å². The first kappa shape index (κ1) is 11.7. The summed E-state index contributed by atoms with van der Waals surface area (Å²) < 4.78 is 5.51. The molecule has 1 aliphatic heterocycles. The number of fused-ring (bicyclic) bond motifs is 3. The van der Waals surface area contributed by atoms with Gasteiger partial charge in [0.1, 0.15) is 11.9 Å². The lowest BCUT2D eigenvalue weighted by Gasteiger charge is -2.28. The molecule has 0 unspecified atom stereocenters. The molecular weight excluding hydrogens is 228 g/mol. The Bertz CT molecular complexity index is 474. The van der Waals surface area contributed by atoms with Gasteiger partial charge in [-0.3, -0.25) is 4.79 Å². The molecule has 0 spiro atoms. The van der Waals surface area contributed by atoms with Gasteiger partial charge in [0.25, 0.3) is 0 Å². The summed E-state index contributed by atoms with van der Waals surface area (Å²) in [5, 5.41) is 0. The van der Waals surface area contributed by atoms with Crippen LogP contribution in [0.15, 0.2) is 23.8 Å². The van der Waals surface area contributed by atoms with Crippen LogP contribution >= 0.6 is 0 Å². The van der Waals surface area contributed by atoms with Gasteiger partial charge in [-0.2, -0.15) is 0 Å². The largest absolute Gasteiger partial charge is 0.458 e. The van der Waals surface area contributed by atoms with Crippen molar-refractivity contribution in [3.63, 3.8) is 0 Å². The summed E-state index contributed by atoms with van der Waals surface area (Å²) in [5.74, 6) is 0.472. The number of rotatable bonds is 0. The fraction of sp³-hybridized carbons (Fsp3) is 0.600. The minimum Gasteiger partial charge on any atom is -0.458 e. The highest BCUT2D eigenvalue weighted by molar-refractivity contribution is 5.91. The molecule has 0 radical (unpaired) electrons. The maximum atomic E-state index is 12.0. The number of carbonyl (C=O) groups is 2. The second-order valence-corrected chi connectivity index (χ2v) is 5.83. The number of allylic oxidation sites excluding steroid dienone is 2. The SMILES string of the molecule is C=C1C(=O)O[C@@H]2[C@H]3[C@H](C)C(=O)C[C@H]3C(C)=CC[C@H]12. The predicted molar refractivity (Wildman–Crippen MR) is 66.7 cm³/mol. The second kappa shape index (κ2) is 3.81. The number of esters is 1. The number of ketones is 1. The Labute approximate surface area is 107 Å². The average molecular weight is 246 g/mol. The Morgan fingerprint density at radius 1 is 1.33 bits per heavy atom. The molecule has 5 atom stereocenters. The van der Waals surface area contributed by atoms with Crippen molar-refractivity contribution in [2.75, 3.05) is 0 Å². The van der Waals surface area contributed by atoms with E-state index in [0.717, 1.165) is 6.42 Å². The average Bonchev–Trinajstić information content (AvgIpc) is 2.72. The Morgan fingerprint density at radius 2 is 2.06 bits per heavy atom. The summed E-state index contributed by atoms with van der Waals surface area (Å²) >= 11 is 0. The van der Waals surface area contributed by atoms with Crippen LogP contribution in [0.25, 0.3) is 0 Å². The van der Waals surface area contributed by atoms with Crippen molar-refractivity contribution in [1.29, 1.82) is 0 Å². The van der Waals surface area contributed by atoms with Crippen molar-refractivity contribution in [2.24, 2.45) is 23.7 Å². The molecule has 0 N–H and O–H groups in total. The van der Waals surface area contributed by atoms with Gasteiger partial charge < -0.3 is 4.74 Å². The second-order valence-electron chi connectivity index (χ2n) is 5.83. The van der Waals surface area contributed by atoms with Gasteiger partial charge in [-0.15, -0.1) is 0 Å². The highest BCUT2D eigenvalue weighted by Crippen LogP contribution is 2.49. The summed E-state index contributed by atoms with van der Waals surface area (Å²) in [6.07, 6.45) is 3.43. The molecule has 2 fully saturated rings. The maximum Gasteiger partial charge on any atom is 0.334 e. The number of hydrogen-bond acceptors (Lipinski definition) is 3. The van der Waals surface area contributed by atoms with Crippen molar-refractivity contribution in [3.8, 4) is 0 Å². The summed E-state index contributed by atoms with van der Waals surface area (Å²) in [6.45, 7) is 7.92. The monoisotopic (exact) mass is 246 g/mol. The van der Waals surface area contributed by atoms with Gasteiger partial charge in [0, 0.05) is 29.7 Å². The van der Waals surface area contributed by atoms with E-state index in [1.165, 1.54) is 5.57 Å². The van der Waals surface area contributed by atoms with Gasteiger partial charge in [-0.25, -0.2) is 4.79 Å². The van der Waals surface area contributed by atoms with Crippen LogP contribution < -0.4 is 0 Å². The zero-order chi connectivity index (χ0) is 13.0. The molecule has 0 aromatic heterocycles. The molecule has 3 aliphatic rings. The summed E-state index contributed by atoms with van der Waals surface area (Å²) in [5.41, 5.74) is 1.85. The molecule has 0 aromatic rings. The van der Waals surface area contributed by atoms with Crippen LogP contribution in [0.1, 0.15) is 26.7 Å². The van der Waals surface area contributed by atoms with Crippen LogP contribution in [0, 0.1) is 23.7 Å². The first-order valence-corrected chi connectivity index (χ1v) is 6.60. The van der Waals surface area contributed by atoms with Gasteiger partial charge in [0.15, 0.2) is 0 Å². The van der Waals surface area contributed by atoms with Crippen LogP contribution in [0.5, 0.6) is 0 Å². The fourth-order valence-corrected chi connectivity index (χ4v) is 3.80. The van der Waals surface area contributed by atoms with Gasteiger partial charge in [0.05, 0.1) is 0 Å². The lowest BCUT2D eigenvalue weighted by Crippen LogP contribution is -2.32. The third-order valence-corrected chi connectivity index (χ3v) is 4.98. The number of ether oxygens (including phenoxy) is 1. The van der Waals surface area contributed by atoms with Gasteiger partial charge in [-0.1, -0.05) is 25.2 Å². The molecule has 2 aliphatic carbocycles. The minimum absolute atomic E-state index is 0.0114. The predicted octanol–water partition coefficient (Wildman–Crippen LogP) is 2.28. The van der Waals surface area contributed by atoms with Crippen LogP contribution in [-0.2, 0) is 14.3 Å². The minimum atomic E-state index is -0.275. The maximum absolute atomic E-state index is 12.0. The first-order valence-electron chi connectivity index (χ1n) is 6.60. The summed E-state index contributed by atoms with van der Waals surface area (Å²) in [7, 11) is 0. The summed E-state index contributed by atoms with van der Waals surface area (Å²) in [4.78, 5) is 23.6. The van der Waals surface area contributed by atoms with E-state index >= 15 is 0 Å². The van der Waals surface area contributed by atoms with Crippen molar-refractivity contribution in [3.05, 3.63) is 23.8 Å². The van der Waals surface area contributed by atoms with E-state index in [1.807, 2.05) is 6.92 Å².